The van der Waals surface area contributed by atoms with E-state index in [9.17, 15) is 9.59 Å². The molecule has 0 aromatic heterocycles. The number of benzene rings is 2. The molecule has 0 fully saturated rings. The van der Waals surface area contributed by atoms with Crippen molar-refractivity contribution < 1.29 is 9.59 Å². The van der Waals surface area contributed by atoms with Gasteiger partial charge in [0.25, 0.3) is 0 Å². The minimum absolute atomic E-state index is 0.117. The van der Waals surface area contributed by atoms with E-state index in [2.05, 4.69) is 11.4 Å². The Morgan fingerprint density at radius 1 is 1.14 bits per heavy atom. The summed E-state index contributed by atoms with van der Waals surface area (Å²) in [5.74, 6) is 0.677. The largest absolute Gasteiger partial charge is 0.357 e. The Balaban J connectivity index is 2.17. The number of hydrogen-bond acceptors (Lipinski definition) is 3. The number of thioether (sulfide) groups is 1. The number of halogens is 2. The Hall–Kier alpha value is -1.69. The smallest absolute Gasteiger partial charge is 0.242 e. The highest BCUT2D eigenvalue weighted by molar-refractivity contribution is 7.99. The summed E-state index contributed by atoms with van der Waals surface area (Å²) in [5.41, 5.74) is 3.01. The average molecular weight is 453 g/mol. The van der Waals surface area contributed by atoms with Gasteiger partial charge < -0.3 is 10.2 Å². The molecule has 0 saturated heterocycles. The molecule has 7 heteroatoms. The molecule has 0 aliphatic heterocycles. The average Bonchev–Trinajstić information content (AvgIpc) is 2.69. The zero-order chi connectivity index (χ0) is 21.4. The summed E-state index contributed by atoms with van der Waals surface area (Å²) in [6.07, 6.45) is 0.496. The normalized spacial score (nSPS) is 11.8. The summed E-state index contributed by atoms with van der Waals surface area (Å²) < 4.78 is 0. The minimum Gasteiger partial charge on any atom is -0.357 e. The molecule has 0 saturated carbocycles. The standard InChI is InChI=1S/C22H26Cl2N2O2S/c1-4-20(22(28)25-3)26(12-17-18(23)9-6-10-19(17)24)21(27)14-29-13-16-8-5-7-15(2)11-16/h5-11,20H,4,12-14H2,1-3H3,(H,25,28)/t20-/m1/s1. The fraction of sp³-hybridized carbons (Fsp3) is 0.364. The molecular weight excluding hydrogens is 427 g/mol. The van der Waals surface area contributed by atoms with Crippen LogP contribution in [0.25, 0.3) is 0 Å². The fourth-order valence-corrected chi connectivity index (χ4v) is 4.46. The maximum Gasteiger partial charge on any atom is 0.242 e. The van der Waals surface area contributed by atoms with Crippen molar-refractivity contribution >= 4 is 46.8 Å². The van der Waals surface area contributed by atoms with Gasteiger partial charge in [-0.15, -0.1) is 11.8 Å². The number of nitrogens with zero attached hydrogens (tertiary/aromatic N) is 1. The second kappa shape index (κ2) is 11.5. The topological polar surface area (TPSA) is 49.4 Å². The number of rotatable bonds is 9. The summed E-state index contributed by atoms with van der Waals surface area (Å²) in [7, 11) is 1.57. The molecule has 2 amide bonds. The lowest BCUT2D eigenvalue weighted by Gasteiger charge is -2.30. The monoisotopic (exact) mass is 452 g/mol. The Labute approximate surface area is 187 Å². The van der Waals surface area contributed by atoms with E-state index in [4.69, 9.17) is 23.2 Å². The van der Waals surface area contributed by atoms with Crippen molar-refractivity contribution in [2.75, 3.05) is 12.8 Å². The van der Waals surface area contributed by atoms with Crippen molar-refractivity contribution in [3.05, 3.63) is 69.2 Å². The van der Waals surface area contributed by atoms with Crippen LogP contribution in [0, 0.1) is 6.92 Å². The highest BCUT2D eigenvalue weighted by atomic mass is 35.5. The van der Waals surface area contributed by atoms with E-state index in [1.54, 1.807) is 30.1 Å². The maximum atomic E-state index is 13.1. The van der Waals surface area contributed by atoms with E-state index in [1.807, 2.05) is 32.0 Å². The number of nitrogens with one attached hydrogen (secondary N) is 1. The number of likely N-dealkylation sites (N-methyl/N-ethyl adjacent to an activating group) is 1. The third kappa shape index (κ3) is 6.66. The Morgan fingerprint density at radius 3 is 2.38 bits per heavy atom. The second-order valence-electron chi connectivity index (χ2n) is 6.74. The number of aryl methyl sites for hydroxylation is 1. The molecule has 2 aromatic rings. The van der Waals surface area contributed by atoms with E-state index in [-0.39, 0.29) is 24.1 Å². The summed E-state index contributed by atoms with van der Waals surface area (Å²) in [6, 6.07) is 12.9. The van der Waals surface area contributed by atoms with Crippen LogP contribution in [0.3, 0.4) is 0 Å². The van der Waals surface area contributed by atoms with Gasteiger partial charge in [-0.2, -0.15) is 0 Å². The van der Waals surface area contributed by atoms with Crippen LogP contribution in [0.2, 0.25) is 10.0 Å². The van der Waals surface area contributed by atoms with E-state index < -0.39 is 6.04 Å². The van der Waals surface area contributed by atoms with Gasteiger partial charge in [-0.05, 0) is 31.0 Å². The zero-order valence-electron chi connectivity index (χ0n) is 16.9. The highest BCUT2D eigenvalue weighted by Crippen LogP contribution is 2.27. The molecule has 1 N–H and O–H groups in total. The van der Waals surface area contributed by atoms with Crippen LogP contribution in [-0.2, 0) is 21.9 Å². The van der Waals surface area contributed by atoms with E-state index in [1.165, 1.54) is 22.9 Å². The van der Waals surface area contributed by atoms with E-state index >= 15 is 0 Å². The van der Waals surface area contributed by atoms with Crippen molar-refractivity contribution in [3.8, 4) is 0 Å². The van der Waals surface area contributed by atoms with E-state index in [0.29, 0.717) is 22.0 Å². The lowest BCUT2D eigenvalue weighted by atomic mass is 10.1. The first-order valence-corrected chi connectivity index (χ1v) is 11.4. The second-order valence-corrected chi connectivity index (χ2v) is 8.54. The third-order valence-corrected chi connectivity index (χ3v) is 6.30. The van der Waals surface area contributed by atoms with Crippen molar-refractivity contribution in [3.63, 3.8) is 0 Å². The molecule has 156 valence electrons. The van der Waals surface area contributed by atoms with Gasteiger partial charge in [-0.25, -0.2) is 0 Å². The van der Waals surface area contributed by atoms with Crippen LogP contribution in [0.4, 0.5) is 0 Å². The van der Waals surface area contributed by atoms with Crippen LogP contribution in [0.15, 0.2) is 42.5 Å². The Morgan fingerprint density at radius 2 is 1.79 bits per heavy atom. The minimum atomic E-state index is -0.584. The number of amides is 2. The Kier molecular flexibility index (Phi) is 9.34. The van der Waals surface area contributed by atoms with Crippen LogP contribution >= 0.6 is 35.0 Å². The first-order valence-electron chi connectivity index (χ1n) is 9.44. The lowest BCUT2D eigenvalue weighted by molar-refractivity contribution is -0.139. The molecule has 2 rings (SSSR count). The van der Waals surface area contributed by atoms with Gasteiger partial charge >= 0.3 is 0 Å². The lowest BCUT2D eigenvalue weighted by Crippen LogP contribution is -2.48. The van der Waals surface area contributed by atoms with Gasteiger partial charge in [-0.1, -0.05) is 66.0 Å². The van der Waals surface area contributed by atoms with Crippen LogP contribution < -0.4 is 5.32 Å². The molecule has 0 bridgehead atoms. The molecule has 0 radical (unpaired) electrons. The zero-order valence-corrected chi connectivity index (χ0v) is 19.2. The third-order valence-electron chi connectivity index (χ3n) is 4.60. The van der Waals surface area contributed by atoms with Gasteiger partial charge in [0.15, 0.2) is 0 Å². The first-order chi connectivity index (χ1) is 13.9. The molecule has 2 aromatic carbocycles. The number of carbonyl (C=O) groups excluding carboxylic acids is 2. The van der Waals surface area contributed by atoms with Crippen molar-refractivity contribution in [1.29, 1.82) is 0 Å². The predicted octanol–water partition coefficient (Wildman–Crippen LogP) is 5.09. The quantitative estimate of drug-likeness (QED) is 0.576. The summed E-state index contributed by atoms with van der Waals surface area (Å²) in [4.78, 5) is 27.1. The van der Waals surface area contributed by atoms with Crippen LogP contribution in [0.1, 0.15) is 30.0 Å². The summed E-state index contributed by atoms with van der Waals surface area (Å²) >= 11 is 14.2. The fourth-order valence-electron chi connectivity index (χ4n) is 3.08. The molecular formula is C22H26Cl2N2O2S. The summed E-state index contributed by atoms with van der Waals surface area (Å²) in [6.45, 7) is 4.12. The molecule has 4 nitrogen and oxygen atoms in total. The highest BCUT2D eigenvalue weighted by Gasteiger charge is 2.29. The SMILES string of the molecule is CC[C@H](C(=O)NC)N(Cc1c(Cl)cccc1Cl)C(=O)CSCc1cccc(C)c1. The molecule has 29 heavy (non-hydrogen) atoms. The molecule has 0 spiro atoms. The molecule has 0 aliphatic carbocycles. The van der Waals surface area contributed by atoms with Gasteiger partial charge in [-0.3, -0.25) is 9.59 Å². The van der Waals surface area contributed by atoms with Crippen molar-refractivity contribution in [1.82, 2.24) is 10.2 Å². The molecule has 0 aliphatic rings. The van der Waals surface area contributed by atoms with Crippen LogP contribution in [0.5, 0.6) is 0 Å². The van der Waals surface area contributed by atoms with Crippen LogP contribution in [-0.4, -0.2) is 35.6 Å². The number of carbonyl (C=O) groups is 2. The summed E-state index contributed by atoms with van der Waals surface area (Å²) in [5, 5.41) is 3.61. The molecule has 0 heterocycles. The van der Waals surface area contributed by atoms with Gasteiger partial charge in [0.05, 0.1) is 5.75 Å². The maximum absolute atomic E-state index is 13.1. The van der Waals surface area contributed by atoms with Gasteiger partial charge in [0.1, 0.15) is 6.04 Å². The van der Waals surface area contributed by atoms with Gasteiger partial charge in [0, 0.05) is 35.0 Å². The number of hydrogen-bond donors (Lipinski definition) is 1. The van der Waals surface area contributed by atoms with Crippen molar-refractivity contribution in [2.45, 2.75) is 38.6 Å². The predicted molar refractivity (Wildman–Crippen MR) is 122 cm³/mol. The van der Waals surface area contributed by atoms with Crippen molar-refractivity contribution in [2.24, 2.45) is 0 Å². The molecule has 0 unspecified atom stereocenters. The van der Waals surface area contributed by atoms with E-state index in [0.717, 1.165) is 5.75 Å². The molecule has 1 atom stereocenters. The van der Waals surface area contributed by atoms with Gasteiger partial charge in [0.2, 0.25) is 11.8 Å². The Bertz CT molecular complexity index is 840. The first kappa shape index (κ1) is 23.6.